The molecule has 18 heavy (non-hydrogen) atoms. The van der Waals surface area contributed by atoms with E-state index >= 15 is 0 Å². The van der Waals surface area contributed by atoms with Crippen LogP contribution in [0.25, 0.3) is 11.3 Å². The minimum atomic E-state index is -0.0575. The maximum atomic E-state index is 11.9. The molecule has 0 aliphatic heterocycles. The second-order valence-corrected chi connectivity index (χ2v) is 4.42. The van der Waals surface area contributed by atoms with Gasteiger partial charge >= 0.3 is 0 Å². The molecule has 0 aliphatic rings. The number of aryl methyl sites for hydroxylation is 2. The van der Waals surface area contributed by atoms with Crippen molar-refractivity contribution in [3.8, 4) is 11.3 Å². The molecule has 0 aromatic carbocycles. The molecule has 0 radical (unpaired) electrons. The molecule has 94 valence electrons. The van der Waals surface area contributed by atoms with Crippen LogP contribution in [-0.4, -0.2) is 15.0 Å². The standard InChI is InChI=1S/C14H17N3O/c1-4-5-12-16-13(10(3)14(18)17-12)11-6-7-15-9(2)8-11/h6-8H,4-5H2,1-3H3,(H,16,17,18). The number of H-pyrrole nitrogens is 1. The van der Waals surface area contributed by atoms with Crippen molar-refractivity contribution in [2.75, 3.05) is 0 Å². The third-order valence-electron chi connectivity index (χ3n) is 2.86. The Morgan fingerprint density at radius 2 is 2.11 bits per heavy atom. The molecule has 0 unspecified atom stereocenters. The van der Waals surface area contributed by atoms with Gasteiger partial charge in [0.1, 0.15) is 5.82 Å². The molecule has 0 bridgehead atoms. The van der Waals surface area contributed by atoms with Crippen LogP contribution in [0, 0.1) is 13.8 Å². The first kappa shape index (κ1) is 12.5. The quantitative estimate of drug-likeness (QED) is 0.900. The molecule has 1 N–H and O–H groups in total. The van der Waals surface area contributed by atoms with Crippen molar-refractivity contribution in [3.63, 3.8) is 0 Å². The van der Waals surface area contributed by atoms with Crippen LogP contribution in [0.1, 0.15) is 30.4 Å². The summed E-state index contributed by atoms with van der Waals surface area (Å²) in [7, 11) is 0. The number of pyridine rings is 1. The molecule has 2 heterocycles. The summed E-state index contributed by atoms with van der Waals surface area (Å²) < 4.78 is 0. The van der Waals surface area contributed by atoms with Gasteiger partial charge in [-0.05, 0) is 32.4 Å². The summed E-state index contributed by atoms with van der Waals surface area (Å²) in [6, 6.07) is 3.84. The van der Waals surface area contributed by atoms with Crippen molar-refractivity contribution in [1.82, 2.24) is 15.0 Å². The van der Waals surface area contributed by atoms with Crippen LogP contribution >= 0.6 is 0 Å². The Morgan fingerprint density at radius 3 is 2.78 bits per heavy atom. The second-order valence-electron chi connectivity index (χ2n) is 4.42. The monoisotopic (exact) mass is 243 g/mol. The van der Waals surface area contributed by atoms with Crippen molar-refractivity contribution in [2.45, 2.75) is 33.6 Å². The molecule has 0 saturated heterocycles. The van der Waals surface area contributed by atoms with Crippen LogP contribution in [0.4, 0.5) is 0 Å². The van der Waals surface area contributed by atoms with E-state index in [2.05, 4.69) is 21.9 Å². The highest BCUT2D eigenvalue weighted by Gasteiger charge is 2.09. The summed E-state index contributed by atoms with van der Waals surface area (Å²) in [5.74, 6) is 0.748. The van der Waals surface area contributed by atoms with Gasteiger partial charge in [-0.1, -0.05) is 6.92 Å². The van der Waals surface area contributed by atoms with Gasteiger partial charge in [-0.2, -0.15) is 0 Å². The first-order chi connectivity index (χ1) is 8.61. The Hall–Kier alpha value is -1.97. The molecule has 4 heteroatoms. The van der Waals surface area contributed by atoms with E-state index < -0.39 is 0 Å². The Labute approximate surface area is 106 Å². The van der Waals surface area contributed by atoms with E-state index in [-0.39, 0.29) is 5.56 Å². The van der Waals surface area contributed by atoms with Gasteiger partial charge in [-0.15, -0.1) is 0 Å². The maximum absolute atomic E-state index is 11.9. The van der Waals surface area contributed by atoms with Gasteiger partial charge in [0.05, 0.1) is 5.69 Å². The third-order valence-corrected chi connectivity index (χ3v) is 2.86. The van der Waals surface area contributed by atoms with E-state index in [1.165, 1.54) is 0 Å². The Bertz CT molecular complexity index is 617. The van der Waals surface area contributed by atoms with Gasteiger partial charge in [-0.25, -0.2) is 4.98 Å². The second kappa shape index (κ2) is 5.12. The van der Waals surface area contributed by atoms with Crippen molar-refractivity contribution in [1.29, 1.82) is 0 Å². The molecule has 0 saturated carbocycles. The van der Waals surface area contributed by atoms with Crippen molar-refractivity contribution < 1.29 is 0 Å². The fourth-order valence-corrected chi connectivity index (χ4v) is 1.91. The van der Waals surface area contributed by atoms with Crippen LogP contribution < -0.4 is 5.56 Å². The molecule has 4 nitrogen and oxygen atoms in total. The third kappa shape index (κ3) is 2.47. The number of aromatic nitrogens is 3. The summed E-state index contributed by atoms with van der Waals surface area (Å²) in [5.41, 5.74) is 3.22. The molecular formula is C14H17N3O. The van der Waals surface area contributed by atoms with Crippen LogP contribution in [0.2, 0.25) is 0 Å². The molecule has 0 atom stereocenters. The molecule has 0 fully saturated rings. The number of hydrogen-bond acceptors (Lipinski definition) is 3. The van der Waals surface area contributed by atoms with E-state index in [1.807, 2.05) is 19.1 Å². The molecule has 2 aromatic heterocycles. The molecule has 2 aromatic rings. The number of nitrogens with zero attached hydrogens (tertiary/aromatic N) is 2. The van der Waals surface area contributed by atoms with Gasteiger partial charge in [0.2, 0.25) is 0 Å². The summed E-state index contributed by atoms with van der Waals surface area (Å²) in [4.78, 5) is 23.4. The highest BCUT2D eigenvalue weighted by Crippen LogP contribution is 2.19. The lowest BCUT2D eigenvalue weighted by Crippen LogP contribution is -2.16. The zero-order chi connectivity index (χ0) is 13.1. The summed E-state index contributed by atoms with van der Waals surface area (Å²) in [6.45, 7) is 5.79. The number of rotatable bonds is 3. The summed E-state index contributed by atoms with van der Waals surface area (Å²) >= 11 is 0. The van der Waals surface area contributed by atoms with E-state index in [0.717, 1.165) is 35.6 Å². The smallest absolute Gasteiger partial charge is 0.254 e. The highest BCUT2D eigenvalue weighted by molar-refractivity contribution is 5.62. The number of hydrogen-bond donors (Lipinski definition) is 1. The van der Waals surface area contributed by atoms with Crippen molar-refractivity contribution in [2.24, 2.45) is 0 Å². The Morgan fingerprint density at radius 1 is 1.33 bits per heavy atom. The first-order valence-corrected chi connectivity index (χ1v) is 6.14. The largest absolute Gasteiger partial charge is 0.310 e. The lowest BCUT2D eigenvalue weighted by Gasteiger charge is -2.07. The lowest BCUT2D eigenvalue weighted by molar-refractivity contribution is 0.822. The minimum absolute atomic E-state index is 0.0575. The van der Waals surface area contributed by atoms with Crippen molar-refractivity contribution >= 4 is 0 Å². The van der Waals surface area contributed by atoms with Gasteiger partial charge in [-0.3, -0.25) is 9.78 Å². The molecule has 0 aliphatic carbocycles. The van der Waals surface area contributed by atoms with Gasteiger partial charge in [0, 0.05) is 29.4 Å². The fraction of sp³-hybridized carbons (Fsp3) is 0.357. The van der Waals surface area contributed by atoms with Crippen LogP contribution in [0.5, 0.6) is 0 Å². The van der Waals surface area contributed by atoms with E-state index in [4.69, 9.17) is 0 Å². The molecule has 0 amide bonds. The normalized spacial score (nSPS) is 10.6. The molecular weight excluding hydrogens is 226 g/mol. The summed E-state index contributed by atoms with van der Waals surface area (Å²) in [5, 5.41) is 0. The highest BCUT2D eigenvalue weighted by atomic mass is 16.1. The summed E-state index contributed by atoms with van der Waals surface area (Å²) in [6.07, 6.45) is 3.49. The van der Waals surface area contributed by atoms with Crippen LogP contribution in [0.15, 0.2) is 23.1 Å². The van der Waals surface area contributed by atoms with E-state index in [1.54, 1.807) is 13.1 Å². The van der Waals surface area contributed by atoms with Crippen LogP contribution in [0.3, 0.4) is 0 Å². The predicted octanol–water partition coefficient (Wildman–Crippen LogP) is 2.40. The average Bonchev–Trinajstić information content (AvgIpc) is 2.34. The predicted molar refractivity (Wildman–Crippen MR) is 71.6 cm³/mol. The fourth-order valence-electron chi connectivity index (χ4n) is 1.91. The SMILES string of the molecule is CCCc1nc(-c2ccnc(C)c2)c(C)c(=O)[nH]1. The van der Waals surface area contributed by atoms with E-state index in [0.29, 0.717) is 5.56 Å². The molecule has 2 rings (SSSR count). The number of aromatic amines is 1. The average molecular weight is 243 g/mol. The first-order valence-electron chi connectivity index (χ1n) is 6.14. The van der Waals surface area contributed by atoms with Crippen LogP contribution in [-0.2, 0) is 6.42 Å². The van der Waals surface area contributed by atoms with Gasteiger partial charge in [0.15, 0.2) is 0 Å². The zero-order valence-electron chi connectivity index (χ0n) is 10.9. The van der Waals surface area contributed by atoms with E-state index in [9.17, 15) is 4.79 Å². The maximum Gasteiger partial charge on any atom is 0.254 e. The molecule has 0 spiro atoms. The van der Waals surface area contributed by atoms with Gasteiger partial charge < -0.3 is 4.98 Å². The Balaban J connectivity index is 2.59. The number of nitrogens with one attached hydrogen (secondary N) is 1. The Kier molecular flexibility index (Phi) is 3.55. The topological polar surface area (TPSA) is 58.6 Å². The van der Waals surface area contributed by atoms with Crippen molar-refractivity contribution in [3.05, 3.63) is 45.8 Å². The minimum Gasteiger partial charge on any atom is -0.310 e. The zero-order valence-corrected chi connectivity index (χ0v) is 10.9. The lowest BCUT2D eigenvalue weighted by atomic mass is 10.1. The van der Waals surface area contributed by atoms with Gasteiger partial charge in [0.25, 0.3) is 5.56 Å².